The van der Waals surface area contributed by atoms with Crippen molar-refractivity contribution in [3.63, 3.8) is 0 Å². The van der Waals surface area contributed by atoms with Crippen molar-refractivity contribution in [3.8, 4) is 56.7 Å². The first-order valence-electron chi connectivity index (χ1n) is 21.2. The first kappa shape index (κ1) is 35.6. The molecule has 0 spiro atoms. The summed E-state index contributed by atoms with van der Waals surface area (Å²) in [5.74, 6) is 1.90. The Hall–Kier alpha value is -8.19. The van der Waals surface area contributed by atoms with E-state index in [-0.39, 0.29) is 0 Å². The quantitative estimate of drug-likeness (QED) is 0.168. The summed E-state index contributed by atoms with van der Waals surface area (Å²) in [6, 6.07) is 75.4. The maximum Gasteiger partial charge on any atom is 0.164 e. The van der Waals surface area contributed by atoms with E-state index in [1.807, 2.05) is 29.5 Å². The highest BCUT2D eigenvalue weighted by molar-refractivity contribution is 7.26. The number of thiophene rings is 1. The van der Waals surface area contributed by atoms with Crippen LogP contribution >= 0.6 is 11.3 Å². The Morgan fingerprint density at radius 2 is 0.810 bits per heavy atom. The van der Waals surface area contributed by atoms with Gasteiger partial charge in [-0.2, -0.15) is 0 Å². The monoisotopic (exact) mass is 821 g/mol. The van der Waals surface area contributed by atoms with Gasteiger partial charge in [0, 0.05) is 64.1 Å². The maximum absolute atomic E-state index is 5.48. The summed E-state index contributed by atoms with van der Waals surface area (Å²) < 4.78 is 7.27. The van der Waals surface area contributed by atoms with Crippen LogP contribution in [0.4, 0.5) is 0 Å². The van der Waals surface area contributed by atoms with Gasteiger partial charge in [-0.1, -0.05) is 164 Å². The number of benzene rings is 9. The van der Waals surface area contributed by atoms with Gasteiger partial charge in [-0.25, -0.2) is 15.0 Å². The van der Waals surface area contributed by atoms with E-state index in [1.165, 1.54) is 42.2 Å². The van der Waals surface area contributed by atoms with Crippen LogP contribution in [0.25, 0.3) is 120 Å². The molecule has 4 heterocycles. The maximum atomic E-state index is 5.48. The van der Waals surface area contributed by atoms with Gasteiger partial charge in [0.2, 0.25) is 0 Å². The molecule has 0 aliphatic carbocycles. The first-order chi connectivity index (χ1) is 31.3. The molecule has 4 aromatic heterocycles. The molecule has 13 rings (SSSR count). The summed E-state index contributed by atoms with van der Waals surface area (Å²) in [7, 11) is 0. The second kappa shape index (κ2) is 14.2. The number of aromatic nitrogens is 5. The third-order valence-electron chi connectivity index (χ3n) is 12.4. The fourth-order valence-electron chi connectivity index (χ4n) is 9.74. The lowest BCUT2D eigenvalue weighted by atomic mass is 9.97. The lowest BCUT2D eigenvalue weighted by Crippen LogP contribution is -2.01. The van der Waals surface area contributed by atoms with Crippen LogP contribution in [0.3, 0.4) is 0 Å². The molecular weight excluding hydrogens is 787 g/mol. The zero-order valence-corrected chi connectivity index (χ0v) is 34.7. The van der Waals surface area contributed by atoms with E-state index in [0.717, 1.165) is 60.8 Å². The van der Waals surface area contributed by atoms with Gasteiger partial charge in [-0.3, -0.25) is 0 Å². The van der Waals surface area contributed by atoms with E-state index in [1.54, 1.807) is 0 Å². The van der Waals surface area contributed by atoms with Crippen molar-refractivity contribution >= 4 is 75.1 Å². The largest absolute Gasteiger partial charge is 0.307 e. The SMILES string of the molecule is c1ccc(-c2nc(-c3cccc4sc5cccc(-c6ccccc6)c5c34)nc(-c3cccc4c3c3ccccc3n4-c3cccc4c5ccccc5n(-c5ccccc5)c34)n2)cc1. The molecule has 294 valence electrons. The summed E-state index contributed by atoms with van der Waals surface area (Å²) in [5.41, 5.74) is 12.0. The highest BCUT2D eigenvalue weighted by atomic mass is 32.1. The van der Waals surface area contributed by atoms with Crippen molar-refractivity contribution in [1.29, 1.82) is 0 Å². The summed E-state index contributed by atoms with van der Waals surface area (Å²) in [4.78, 5) is 16.1. The molecule has 0 saturated carbocycles. The second-order valence-corrected chi connectivity index (χ2v) is 17.0. The lowest BCUT2D eigenvalue weighted by molar-refractivity contribution is 1.08. The Labute approximate surface area is 366 Å². The van der Waals surface area contributed by atoms with Gasteiger partial charge in [0.15, 0.2) is 17.5 Å². The minimum atomic E-state index is 0.629. The Bertz CT molecular complexity index is 3900. The molecule has 0 atom stereocenters. The predicted molar refractivity (Wildman–Crippen MR) is 263 cm³/mol. The van der Waals surface area contributed by atoms with Gasteiger partial charge in [0.25, 0.3) is 0 Å². The van der Waals surface area contributed by atoms with E-state index < -0.39 is 0 Å². The van der Waals surface area contributed by atoms with Crippen LogP contribution in [0, 0.1) is 0 Å². The number of hydrogen-bond donors (Lipinski definition) is 0. The van der Waals surface area contributed by atoms with Crippen LogP contribution in [-0.4, -0.2) is 24.1 Å². The Morgan fingerprint density at radius 3 is 1.52 bits per heavy atom. The van der Waals surface area contributed by atoms with E-state index in [0.29, 0.717) is 17.5 Å². The molecule has 0 bridgehead atoms. The van der Waals surface area contributed by atoms with Gasteiger partial charge in [-0.05, 0) is 59.7 Å². The number of para-hydroxylation sites is 4. The Morgan fingerprint density at radius 1 is 0.317 bits per heavy atom. The fraction of sp³-hybridized carbons (Fsp3) is 0. The molecule has 0 radical (unpaired) electrons. The second-order valence-electron chi connectivity index (χ2n) is 15.9. The van der Waals surface area contributed by atoms with Crippen molar-refractivity contribution in [3.05, 3.63) is 212 Å². The van der Waals surface area contributed by atoms with Crippen molar-refractivity contribution in [2.75, 3.05) is 0 Å². The Balaban J connectivity index is 1.10. The van der Waals surface area contributed by atoms with Crippen molar-refractivity contribution < 1.29 is 0 Å². The third kappa shape index (κ3) is 5.52. The smallest absolute Gasteiger partial charge is 0.164 e. The van der Waals surface area contributed by atoms with Crippen LogP contribution in [0.15, 0.2) is 212 Å². The van der Waals surface area contributed by atoms with Crippen LogP contribution in [-0.2, 0) is 0 Å². The molecule has 0 aliphatic rings. The summed E-state index contributed by atoms with van der Waals surface area (Å²) in [6.45, 7) is 0. The average molecular weight is 822 g/mol. The van der Waals surface area contributed by atoms with E-state index in [4.69, 9.17) is 15.0 Å². The molecule has 0 aliphatic heterocycles. The number of hydrogen-bond acceptors (Lipinski definition) is 4. The zero-order chi connectivity index (χ0) is 41.4. The molecule has 63 heavy (non-hydrogen) atoms. The van der Waals surface area contributed by atoms with Crippen LogP contribution in [0.2, 0.25) is 0 Å². The molecule has 0 saturated heterocycles. The highest BCUT2D eigenvalue weighted by Gasteiger charge is 2.24. The Kier molecular flexibility index (Phi) is 8.01. The van der Waals surface area contributed by atoms with Crippen LogP contribution < -0.4 is 0 Å². The van der Waals surface area contributed by atoms with E-state index in [9.17, 15) is 0 Å². The molecule has 9 aromatic carbocycles. The van der Waals surface area contributed by atoms with Gasteiger partial charge in [-0.15, -0.1) is 11.3 Å². The molecule has 0 amide bonds. The summed E-state index contributed by atoms with van der Waals surface area (Å²) in [5, 5.41) is 7.02. The van der Waals surface area contributed by atoms with Crippen LogP contribution in [0.1, 0.15) is 0 Å². The van der Waals surface area contributed by atoms with E-state index in [2.05, 4.69) is 203 Å². The van der Waals surface area contributed by atoms with Crippen molar-refractivity contribution in [2.24, 2.45) is 0 Å². The molecule has 13 aromatic rings. The topological polar surface area (TPSA) is 48.5 Å². The van der Waals surface area contributed by atoms with Gasteiger partial charge < -0.3 is 9.13 Å². The number of rotatable bonds is 6. The average Bonchev–Trinajstić information content (AvgIpc) is 4.03. The minimum Gasteiger partial charge on any atom is -0.307 e. The molecule has 5 nitrogen and oxygen atoms in total. The van der Waals surface area contributed by atoms with E-state index >= 15 is 0 Å². The lowest BCUT2D eigenvalue weighted by Gasteiger charge is -2.14. The highest BCUT2D eigenvalue weighted by Crippen LogP contribution is 2.45. The normalized spacial score (nSPS) is 11.8. The molecule has 0 fully saturated rings. The third-order valence-corrected chi connectivity index (χ3v) is 13.5. The molecule has 0 unspecified atom stereocenters. The van der Waals surface area contributed by atoms with Crippen molar-refractivity contribution in [1.82, 2.24) is 24.1 Å². The van der Waals surface area contributed by atoms with Gasteiger partial charge in [0.1, 0.15) is 0 Å². The van der Waals surface area contributed by atoms with Gasteiger partial charge >= 0.3 is 0 Å². The predicted octanol–water partition coefficient (Wildman–Crippen LogP) is 15.1. The zero-order valence-electron chi connectivity index (χ0n) is 33.9. The number of nitrogens with zero attached hydrogens (tertiary/aromatic N) is 5. The minimum absolute atomic E-state index is 0.629. The summed E-state index contributed by atoms with van der Waals surface area (Å²) >= 11 is 1.81. The number of fused-ring (bicyclic) bond motifs is 9. The standard InChI is InChI=1S/C57H35N5S/c1-4-18-36(19-5-1)39-26-16-34-49-52(39)53-44(29-17-35-50(53)63-49)57-59-55(37-20-6-2-7-21-37)58-56(60-57)43-28-15-32-47-51(43)42-25-11-13-31-46(42)62(47)48-33-14-27-41-40-24-10-12-30-45(40)61(54(41)48)38-22-8-3-9-23-38/h1-35H. The molecule has 6 heteroatoms. The molecular formula is C57H35N5S. The summed E-state index contributed by atoms with van der Waals surface area (Å²) in [6.07, 6.45) is 0. The molecule has 0 N–H and O–H groups in total. The van der Waals surface area contributed by atoms with Crippen molar-refractivity contribution in [2.45, 2.75) is 0 Å². The fourth-order valence-corrected chi connectivity index (χ4v) is 10.9. The first-order valence-corrected chi connectivity index (χ1v) is 22.0. The van der Waals surface area contributed by atoms with Crippen LogP contribution in [0.5, 0.6) is 0 Å². The van der Waals surface area contributed by atoms with Gasteiger partial charge in [0.05, 0.1) is 27.8 Å².